The van der Waals surface area contributed by atoms with Gasteiger partial charge in [0.25, 0.3) is 0 Å². The van der Waals surface area contributed by atoms with E-state index in [2.05, 4.69) is 10.3 Å². The molecular formula is C18H17N5O2. The molecule has 7 heteroatoms. The summed E-state index contributed by atoms with van der Waals surface area (Å²) in [6, 6.07) is 13.0. The van der Waals surface area contributed by atoms with Gasteiger partial charge >= 0.3 is 5.69 Å². The van der Waals surface area contributed by atoms with E-state index >= 15 is 0 Å². The summed E-state index contributed by atoms with van der Waals surface area (Å²) in [7, 11) is 0. The number of hydrogen-bond donors (Lipinski definition) is 1. The Labute approximate surface area is 144 Å². The molecule has 1 aliphatic carbocycles. The molecule has 4 rings (SSSR count). The Balaban J connectivity index is 1.63. The number of rotatable bonds is 5. The molecule has 0 saturated carbocycles. The largest absolute Gasteiger partial charge is 0.359 e. The van der Waals surface area contributed by atoms with Crippen molar-refractivity contribution in [3.63, 3.8) is 0 Å². The predicted molar refractivity (Wildman–Crippen MR) is 93.8 cm³/mol. The number of pyridine rings is 1. The van der Waals surface area contributed by atoms with Crippen LogP contribution in [0, 0.1) is 10.1 Å². The van der Waals surface area contributed by atoms with E-state index in [9.17, 15) is 10.1 Å². The molecule has 126 valence electrons. The number of nitrogens with one attached hydrogen (secondary N) is 1. The van der Waals surface area contributed by atoms with Gasteiger partial charge < -0.3 is 5.32 Å². The van der Waals surface area contributed by atoms with Gasteiger partial charge in [0.2, 0.25) is 5.82 Å². The van der Waals surface area contributed by atoms with Crippen molar-refractivity contribution in [1.29, 1.82) is 0 Å². The van der Waals surface area contributed by atoms with Crippen LogP contribution in [0.1, 0.15) is 23.4 Å². The maximum atomic E-state index is 11.1. The van der Waals surface area contributed by atoms with Crippen LogP contribution in [0.3, 0.4) is 0 Å². The molecule has 7 nitrogen and oxygen atoms in total. The summed E-state index contributed by atoms with van der Waals surface area (Å²) in [5.74, 6) is 0.272. The zero-order valence-corrected chi connectivity index (χ0v) is 13.6. The zero-order valence-electron chi connectivity index (χ0n) is 13.6. The molecule has 0 aliphatic heterocycles. The van der Waals surface area contributed by atoms with Crippen molar-refractivity contribution >= 4 is 11.5 Å². The van der Waals surface area contributed by atoms with Gasteiger partial charge in [0, 0.05) is 18.0 Å². The van der Waals surface area contributed by atoms with Crippen LogP contribution in [0.4, 0.5) is 11.5 Å². The smallest absolute Gasteiger partial charge is 0.311 e. The van der Waals surface area contributed by atoms with E-state index in [-0.39, 0.29) is 11.5 Å². The van der Waals surface area contributed by atoms with Gasteiger partial charge in [-0.3, -0.25) is 10.1 Å². The number of hydrogen-bond acceptors (Lipinski definition) is 5. The van der Waals surface area contributed by atoms with Crippen molar-refractivity contribution in [2.24, 2.45) is 0 Å². The van der Waals surface area contributed by atoms with Gasteiger partial charge in [-0.05, 0) is 43.0 Å². The van der Waals surface area contributed by atoms with Crippen molar-refractivity contribution in [2.45, 2.75) is 25.8 Å². The monoisotopic (exact) mass is 335 g/mol. The topological polar surface area (TPSA) is 85.9 Å². The molecule has 1 aliphatic rings. The van der Waals surface area contributed by atoms with E-state index in [1.807, 2.05) is 35.0 Å². The Morgan fingerprint density at radius 1 is 1.16 bits per heavy atom. The molecule has 0 radical (unpaired) electrons. The highest BCUT2D eigenvalue weighted by Crippen LogP contribution is 2.29. The standard InChI is InChI=1S/C18H17N5O2/c24-23(25)17-10-5-11-19-18(17)20-12-15-14-8-4-9-16(14)22(21-15)13-6-2-1-3-7-13/h1-3,5-7,10-11H,4,8-9,12H2,(H,19,20). The number of para-hydroxylation sites is 1. The lowest BCUT2D eigenvalue weighted by Crippen LogP contribution is -2.07. The molecule has 1 N–H and O–H groups in total. The minimum absolute atomic E-state index is 0.0263. The maximum absolute atomic E-state index is 11.1. The van der Waals surface area contributed by atoms with Crippen molar-refractivity contribution < 1.29 is 4.92 Å². The lowest BCUT2D eigenvalue weighted by Gasteiger charge is -2.06. The van der Waals surface area contributed by atoms with Crippen LogP contribution in [0.25, 0.3) is 5.69 Å². The quantitative estimate of drug-likeness (QED) is 0.571. The lowest BCUT2D eigenvalue weighted by molar-refractivity contribution is -0.384. The zero-order chi connectivity index (χ0) is 17.2. The van der Waals surface area contributed by atoms with Crippen molar-refractivity contribution in [2.75, 3.05) is 5.32 Å². The number of nitro groups is 1. The third-order valence-corrected chi connectivity index (χ3v) is 4.42. The SMILES string of the molecule is O=[N+]([O-])c1cccnc1NCc1nn(-c2ccccc2)c2c1CCC2. The van der Waals surface area contributed by atoms with E-state index in [0.717, 1.165) is 30.6 Å². The average Bonchev–Trinajstić information content (AvgIpc) is 3.24. The minimum Gasteiger partial charge on any atom is -0.359 e. The Hall–Kier alpha value is -3.22. The summed E-state index contributed by atoms with van der Waals surface area (Å²) in [5, 5.41) is 18.9. The molecule has 25 heavy (non-hydrogen) atoms. The van der Waals surface area contributed by atoms with E-state index in [0.29, 0.717) is 6.54 Å². The fourth-order valence-electron chi connectivity index (χ4n) is 3.29. The molecule has 0 bridgehead atoms. The molecule has 0 amide bonds. The molecule has 0 fully saturated rings. The van der Waals surface area contributed by atoms with E-state index in [1.54, 1.807) is 12.3 Å². The van der Waals surface area contributed by atoms with Crippen LogP contribution in [0.5, 0.6) is 0 Å². The van der Waals surface area contributed by atoms with Crippen molar-refractivity contribution in [3.8, 4) is 5.69 Å². The van der Waals surface area contributed by atoms with Crippen molar-refractivity contribution in [3.05, 3.63) is 75.7 Å². The van der Waals surface area contributed by atoms with Crippen molar-refractivity contribution in [1.82, 2.24) is 14.8 Å². The van der Waals surface area contributed by atoms with Crippen LogP contribution in [0.2, 0.25) is 0 Å². The van der Waals surface area contributed by atoms with Gasteiger partial charge in [0.1, 0.15) is 0 Å². The number of anilines is 1. The van der Waals surface area contributed by atoms with Gasteiger partial charge in [0.15, 0.2) is 0 Å². The maximum Gasteiger partial charge on any atom is 0.311 e. The molecular weight excluding hydrogens is 318 g/mol. The molecule has 0 spiro atoms. The van der Waals surface area contributed by atoms with Gasteiger partial charge in [-0.1, -0.05) is 18.2 Å². The van der Waals surface area contributed by atoms with E-state index in [4.69, 9.17) is 5.10 Å². The minimum atomic E-state index is -0.428. The van der Waals surface area contributed by atoms with Crippen LogP contribution in [-0.2, 0) is 19.4 Å². The first-order valence-electron chi connectivity index (χ1n) is 8.22. The second-order valence-electron chi connectivity index (χ2n) is 5.95. The summed E-state index contributed by atoms with van der Waals surface area (Å²) in [6.07, 6.45) is 4.64. The van der Waals surface area contributed by atoms with Crippen LogP contribution in [0.15, 0.2) is 48.7 Å². The van der Waals surface area contributed by atoms with Crippen LogP contribution in [-0.4, -0.2) is 19.7 Å². The van der Waals surface area contributed by atoms with Gasteiger partial charge in [0.05, 0.1) is 22.8 Å². The molecule has 2 heterocycles. The summed E-state index contributed by atoms with van der Waals surface area (Å²) < 4.78 is 1.99. The fourth-order valence-corrected chi connectivity index (χ4v) is 3.29. The average molecular weight is 335 g/mol. The van der Waals surface area contributed by atoms with Crippen LogP contribution >= 0.6 is 0 Å². The summed E-state index contributed by atoms with van der Waals surface area (Å²) in [5.41, 5.74) is 4.42. The Kier molecular flexibility index (Phi) is 3.89. The highest BCUT2D eigenvalue weighted by atomic mass is 16.6. The molecule has 0 atom stereocenters. The highest BCUT2D eigenvalue weighted by molar-refractivity contribution is 5.55. The first-order chi connectivity index (χ1) is 12.2. The highest BCUT2D eigenvalue weighted by Gasteiger charge is 2.23. The fraction of sp³-hybridized carbons (Fsp3) is 0.222. The normalized spacial score (nSPS) is 12.8. The number of benzene rings is 1. The van der Waals surface area contributed by atoms with E-state index in [1.165, 1.54) is 17.3 Å². The van der Waals surface area contributed by atoms with Crippen LogP contribution < -0.4 is 5.32 Å². The second-order valence-corrected chi connectivity index (χ2v) is 5.95. The first kappa shape index (κ1) is 15.3. The lowest BCUT2D eigenvalue weighted by atomic mass is 10.2. The third kappa shape index (κ3) is 2.84. The first-order valence-corrected chi connectivity index (χ1v) is 8.22. The molecule has 0 saturated heterocycles. The van der Waals surface area contributed by atoms with Gasteiger partial charge in [-0.15, -0.1) is 0 Å². The second kappa shape index (κ2) is 6.35. The Morgan fingerprint density at radius 3 is 2.80 bits per heavy atom. The van der Waals surface area contributed by atoms with Gasteiger partial charge in [-0.25, -0.2) is 9.67 Å². The summed E-state index contributed by atoms with van der Waals surface area (Å²) in [4.78, 5) is 14.8. The Bertz CT molecular complexity index is 920. The number of aromatic nitrogens is 3. The number of nitrogens with zero attached hydrogens (tertiary/aromatic N) is 4. The van der Waals surface area contributed by atoms with Gasteiger partial charge in [-0.2, -0.15) is 5.10 Å². The summed E-state index contributed by atoms with van der Waals surface area (Å²) in [6.45, 7) is 0.417. The Morgan fingerprint density at radius 2 is 2.00 bits per heavy atom. The molecule has 2 aromatic heterocycles. The molecule has 0 unspecified atom stereocenters. The molecule has 3 aromatic rings. The summed E-state index contributed by atoms with van der Waals surface area (Å²) >= 11 is 0. The predicted octanol–water partition coefficient (Wildman–Crippen LogP) is 3.28. The van der Waals surface area contributed by atoms with E-state index < -0.39 is 4.92 Å². The molecule has 1 aromatic carbocycles. The third-order valence-electron chi connectivity index (χ3n) is 4.42. The number of fused-ring (bicyclic) bond motifs is 1.